The van der Waals surface area contributed by atoms with Crippen molar-refractivity contribution in [2.45, 2.75) is 12.6 Å². The van der Waals surface area contributed by atoms with Crippen molar-refractivity contribution in [2.75, 3.05) is 40.9 Å². The molecule has 1 aliphatic heterocycles. The molecule has 1 aliphatic rings. The third kappa shape index (κ3) is 3.99. The third-order valence-corrected chi connectivity index (χ3v) is 7.37. The summed E-state index contributed by atoms with van der Waals surface area (Å²) < 4.78 is 13.8. The van der Waals surface area contributed by atoms with Crippen molar-refractivity contribution in [1.29, 1.82) is 0 Å². The van der Waals surface area contributed by atoms with Crippen LogP contribution in [0.15, 0.2) is 42.7 Å². The van der Waals surface area contributed by atoms with Gasteiger partial charge in [-0.25, -0.2) is 4.98 Å². The molecular formula is C25H28N4O3S. The Kier molecular flexibility index (Phi) is 5.82. The minimum Gasteiger partial charge on any atom is -0.497 e. The van der Waals surface area contributed by atoms with Crippen molar-refractivity contribution in [3.63, 3.8) is 0 Å². The van der Waals surface area contributed by atoms with E-state index in [9.17, 15) is 4.79 Å². The molecule has 1 amide bonds. The first kappa shape index (κ1) is 21.9. The predicted molar refractivity (Wildman–Crippen MR) is 131 cm³/mol. The van der Waals surface area contributed by atoms with E-state index < -0.39 is 0 Å². The summed E-state index contributed by atoms with van der Waals surface area (Å²) in [7, 11) is 7.33. The number of benzene rings is 1. The van der Waals surface area contributed by atoms with Gasteiger partial charge in [0.05, 0.1) is 25.3 Å². The molecule has 8 heteroatoms. The highest BCUT2D eigenvalue weighted by atomic mass is 32.1. The lowest BCUT2D eigenvalue weighted by molar-refractivity contribution is -0.0322. The molecule has 0 spiro atoms. The number of amides is 1. The first-order valence-electron chi connectivity index (χ1n) is 11.0. The van der Waals surface area contributed by atoms with Gasteiger partial charge in [0.1, 0.15) is 15.5 Å². The van der Waals surface area contributed by atoms with Crippen molar-refractivity contribution < 1.29 is 14.3 Å². The molecule has 0 saturated carbocycles. The lowest BCUT2D eigenvalue weighted by Crippen LogP contribution is -2.38. The van der Waals surface area contributed by atoms with Crippen molar-refractivity contribution in [1.82, 2.24) is 19.4 Å². The molecule has 1 saturated heterocycles. The highest BCUT2D eigenvalue weighted by Crippen LogP contribution is 2.38. The molecule has 172 valence electrons. The van der Waals surface area contributed by atoms with Crippen LogP contribution in [0.3, 0.4) is 0 Å². The van der Waals surface area contributed by atoms with Crippen LogP contribution in [0.1, 0.15) is 26.9 Å². The smallest absolute Gasteiger partial charge is 0.263 e. The average molecular weight is 465 g/mol. The maximum absolute atomic E-state index is 13.0. The fraction of sp³-hybridized carbons (Fsp3) is 0.360. The van der Waals surface area contributed by atoms with Gasteiger partial charge < -0.3 is 18.9 Å². The fourth-order valence-corrected chi connectivity index (χ4v) is 5.81. The third-order valence-electron chi connectivity index (χ3n) is 6.25. The Bertz CT molecular complexity index is 1330. The van der Waals surface area contributed by atoms with Crippen LogP contribution < -0.4 is 4.74 Å². The summed E-state index contributed by atoms with van der Waals surface area (Å²) >= 11 is 1.45. The molecule has 5 rings (SSSR count). The Hall–Kier alpha value is -2.94. The van der Waals surface area contributed by atoms with Crippen molar-refractivity contribution in [3.05, 3.63) is 58.7 Å². The molecule has 33 heavy (non-hydrogen) atoms. The van der Waals surface area contributed by atoms with Crippen LogP contribution in [-0.4, -0.2) is 66.2 Å². The average Bonchev–Trinajstić information content (AvgIpc) is 3.36. The van der Waals surface area contributed by atoms with Crippen molar-refractivity contribution >= 4 is 38.4 Å². The summed E-state index contributed by atoms with van der Waals surface area (Å²) in [5, 5.41) is 2.24. The Morgan fingerprint density at radius 1 is 1.30 bits per heavy atom. The summed E-state index contributed by atoms with van der Waals surface area (Å²) in [6, 6.07) is 10.2. The molecule has 1 fully saturated rings. The maximum Gasteiger partial charge on any atom is 0.263 e. The van der Waals surface area contributed by atoms with Crippen LogP contribution in [0.5, 0.6) is 5.75 Å². The van der Waals surface area contributed by atoms with Gasteiger partial charge in [-0.2, -0.15) is 0 Å². The first-order valence-corrected chi connectivity index (χ1v) is 11.8. The van der Waals surface area contributed by atoms with Gasteiger partial charge in [0.25, 0.3) is 5.91 Å². The Labute approximate surface area is 197 Å². The SMILES string of the molecule is COc1ccc2c(CN3CCO[C@H](c4c(C(=O)N(C)C)sc5ncccc45)C3)cn(C)c2c1. The highest BCUT2D eigenvalue weighted by molar-refractivity contribution is 7.20. The second-order valence-electron chi connectivity index (χ2n) is 8.64. The van der Waals surface area contributed by atoms with Gasteiger partial charge in [0, 0.05) is 75.6 Å². The van der Waals surface area contributed by atoms with Gasteiger partial charge in [-0.15, -0.1) is 11.3 Å². The number of hydrogen-bond donors (Lipinski definition) is 0. The zero-order valence-electron chi connectivity index (χ0n) is 19.4. The lowest BCUT2D eigenvalue weighted by atomic mass is 10.0. The molecule has 0 unspecified atom stereocenters. The van der Waals surface area contributed by atoms with Gasteiger partial charge in [-0.05, 0) is 23.8 Å². The zero-order chi connectivity index (χ0) is 23.1. The van der Waals surface area contributed by atoms with Crippen LogP contribution >= 0.6 is 11.3 Å². The fourth-order valence-electron chi connectivity index (χ4n) is 4.60. The molecule has 0 radical (unpaired) electrons. The number of methoxy groups -OCH3 is 1. The number of fused-ring (bicyclic) bond motifs is 2. The number of morpholine rings is 1. The Balaban J connectivity index is 1.46. The lowest BCUT2D eigenvalue weighted by Gasteiger charge is -2.33. The minimum absolute atomic E-state index is 0.00303. The molecular weight excluding hydrogens is 436 g/mol. The topological polar surface area (TPSA) is 59.8 Å². The number of rotatable bonds is 5. The van der Waals surface area contributed by atoms with Crippen LogP contribution in [-0.2, 0) is 18.3 Å². The molecule has 0 aliphatic carbocycles. The quantitative estimate of drug-likeness (QED) is 0.446. The molecule has 3 aromatic heterocycles. The maximum atomic E-state index is 13.0. The largest absolute Gasteiger partial charge is 0.497 e. The minimum atomic E-state index is -0.175. The molecule has 1 aromatic carbocycles. The molecule has 0 N–H and O–H groups in total. The van der Waals surface area contributed by atoms with E-state index in [-0.39, 0.29) is 12.0 Å². The van der Waals surface area contributed by atoms with Gasteiger partial charge in [-0.1, -0.05) is 6.07 Å². The van der Waals surface area contributed by atoms with E-state index in [1.807, 2.05) is 18.2 Å². The monoisotopic (exact) mass is 464 g/mol. The second-order valence-corrected chi connectivity index (χ2v) is 9.64. The molecule has 1 atom stereocenters. The standard InChI is InChI=1S/C25H28N4O3S/c1-27(2)25(30)23-22(19-6-5-9-26-24(19)33-23)21-15-29(10-11-32-21)14-16-13-28(3)20-12-17(31-4)7-8-18(16)20/h5-9,12-13,21H,10-11,14-15H2,1-4H3/t21-/m0/s1. The summed E-state index contributed by atoms with van der Waals surface area (Å²) in [4.78, 5) is 23.1. The van der Waals surface area contributed by atoms with E-state index in [0.29, 0.717) is 6.61 Å². The predicted octanol–water partition coefficient (Wildman–Crippen LogP) is 4.07. The first-order chi connectivity index (χ1) is 16.0. The molecule has 7 nitrogen and oxygen atoms in total. The number of thiophene rings is 1. The summed E-state index contributed by atoms with van der Waals surface area (Å²) in [6.45, 7) is 3.01. The van der Waals surface area contributed by atoms with Crippen molar-refractivity contribution in [2.24, 2.45) is 7.05 Å². The number of aryl methyl sites for hydroxylation is 1. The number of nitrogens with zero attached hydrogens (tertiary/aromatic N) is 4. The van der Waals surface area contributed by atoms with Crippen LogP contribution in [0, 0.1) is 0 Å². The molecule has 0 bridgehead atoms. The van der Waals surface area contributed by atoms with Gasteiger partial charge >= 0.3 is 0 Å². The highest BCUT2D eigenvalue weighted by Gasteiger charge is 2.31. The van der Waals surface area contributed by atoms with Crippen LogP contribution in [0.4, 0.5) is 0 Å². The van der Waals surface area contributed by atoms with Gasteiger partial charge in [0.15, 0.2) is 0 Å². The van der Waals surface area contributed by atoms with Crippen LogP contribution in [0.2, 0.25) is 0 Å². The van der Waals surface area contributed by atoms with E-state index >= 15 is 0 Å². The van der Waals surface area contributed by atoms with Crippen molar-refractivity contribution in [3.8, 4) is 5.75 Å². The number of hydrogen-bond acceptors (Lipinski definition) is 6. The number of ether oxygens (including phenoxy) is 2. The molecule has 4 aromatic rings. The van der Waals surface area contributed by atoms with E-state index in [1.165, 1.54) is 22.3 Å². The number of carbonyl (C=O) groups is 1. The summed E-state index contributed by atoms with van der Waals surface area (Å²) in [5.41, 5.74) is 3.40. The Morgan fingerprint density at radius 2 is 2.15 bits per heavy atom. The van der Waals surface area contributed by atoms with E-state index in [4.69, 9.17) is 9.47 Å². The molecule has 4 heterocycles. The summed E-state index contributed by atoms with van der Waals surface area (Å²) in [5.74, 6) is 0.856. The van der Waals surface area contributed by atoms with Crippen LogP contribution in [0.25, 0.3) is 21.1 Å². The normalized spacial score (nSPS) is 17.0. The zero-order valence-corrected chi connectivity index (χ0v) is 20.2. The number of aromatic nitrogens is 2. The number of carbonyl (C=O) groups excluding carboxylic acids is 1. The van der Waals surface area contributed by atoms with Gasteiger partial charge in [0.2, 0.25) is 0 Å². The summed E-state index contributed by atoms with van der Waals surface area (Å²) in [6.07, 6.45) is 3.79. The van der Waals surface area contributed by atoms with Gasteiger partial charge in [-0.3, -0.25) is 9.69 Å². The Morgan fingerprint density at radius 3 is 2.94 bits per heavy atom. The number of pyridine rings is 1. The second kappa shape index (κ2) is 8.78. The van der Waals surface area contributed by atoms with E-state index in [2.05, 4.69) is 39.8 Å². The van der Waals surface area contributed by atoms with E-state index in [0.717, 1.165) is 51.6 Å². The van der Waals surface area contributed by atoms with E-state index in [1.54, 1.807) is 32.3 Å².